The Hall–Kier alpha value is -1.59. The summed E-state index contributed by atoms with van der Waals surface area (Å²) in [6.45, 7) is 4.55. The van der Waals surface area contributed by atoms with E-state index in [0.29, 0.717) is 25.2 Å². The zero-order chi connectivity index (χ0) is 16.7. The molecule has 0 aliphatic carbocycles. The van der Waals surface area contributed by atoms with Gasteiger partial charge in [0.1, 0.15) is 0 Å². The first kappa shape index (κ1) is 20.5. The smallest absolute Gasteiger partial charge is 0.253 e. The lowest BCUT2D eigenvalue weighted by Crippen LogP contribution is -2.45. The number of benzene rings is 1. The zero-order valence-electron chi connectivity index (χ0n) is 14.3. The van der Waals surface area contributed by atoms with Gasteiger partial charge in [-0.05, 0) is 51.3 Å². The van der Waals surface area contributed by atoms with E-state index in [1.165, 1.54) is 0 Å². The Morgan fingerprint density at radius 1 is 1.25 bits per heavy atom. The van der Waals surface area contributed by atoms with Gasteiger partial charge in [0.2, 0.25) is 5.91 Å². The molecule has 1 aliphatic rings. The van der Waals surface area contributed by atoms with Gasteiger partial charge in [-0.1, -0.05) is 17.7 Å². The molecular weight excluding hydrogens is 326 g/mol. The average molecular weight is 354 g/mol. The summed E-state index contributed by atoms with van der Waals surface area (Å²) in [7, 11) is 0. The minimum Gasteiger partial charge on any atom is -0.356 e. The van der Waals surface area contributed by atoms with Gasteiger partial charge in [-0.15, -0.1) is 12.4 Å². The molecule has 1 fully saturated rings. The number of nitrogens with one attached hydrogen (secondary N) is 1. The molecule has 0 saturated carbocycles. The molecule has 5 nitrogen and oxygen atoms in total. The van der Waals surface area contributed by atoms with E-state index in [-0.39, 0.29) is 30.1 Å². The molecule has 0 bridgehead atoms. The highest BCUT2D eigenvalue weighted by Gasteiger charge is 2.28. The van der Waals surface area contributed by atoms with E-state index in [9.17, 15) is 9.59 Å². The summed E-state index contributed by atoms with van der Waals surface area (Å²) in [6, 6.07) is 7.60. The number of carbonyl (C=O) groups excluding carboxylic acids is 2. The van der Waals surface area contributed by atoms with E-state index < -0.39 is 0 Å². The summed E-state index contributed by atoms with van der Waals surface area (Å²) in [5.74, 6) is -0.0231. The van der Waals surface area contributed by atoms with Crippen molar-refractivity contribution in [3.63, 3.8) is 0 Å². The maximum Gasteiger partial charge on any atom is 0.253 e. The normalized spacial score (nSPS) is 17.1. The van der Waals surface area contributed by atoms with Gasteiger partial charge in [-0.3, -0.25) is 9.59 Å². The Morgan fingerprint density at radius 2 is 1.96 bits per heavy atom. The quantitative estimate of drug-likeness (QED) is 0.769. The van der Waals surface area contributed by atoms with Crippen LogP contribution in [-0.2, 0) is 4.79 Å². The van der Waals surface area contributed by atoms with Gasteiger partial charge in [0.25, 0.3) is 5.91 Å². The molecule has 134 valence electrons. The summed E-state index contributed by atoms with van der Waals surface area (Å²) >= 11 is 0. The fraction of sp³-hybridized carbons (Fsp3) is 0.556. The largest absolute Gasteiger partial charge is 0.356 e. The van der Waals surface area contributed by atoms with Crippen LogP contribution < -0.4 is 11.1 Å². The van der Waals surface area contributed by atoms with Gasteiger partial charge < -0.3 is 16.0 Å². The number of carbonyl (C=O) groups is 2. The molecule has 1 heterocycles. The summed E-state index contributed by atoms with van der Waals surface area (Å²) in [5, 5.41) is 2.96. The van der Waals surface area contributed by atoms with Crippen LogP contribution in [0.3, 0.4) is 0 Å². The summed E-state index contributed by atoms with van der Waals surface area (Å²) in [4.78, 5) is 26.6. The number of unbranched alkanes of at least 4 members (excludes halogenated alkanes) is 1. The number of halogens is 1. The lowest BCUT2D eigenvalue weighted by Gasteiger charge is -2.32. The van der Waals surface area contributed by atoms with Crippen molar-refractivity contribution in [1.82, 2.24) is 10.2 Å². The summed E-state index contributed by atoms with van der Waals surface area (Å²) in [6.07, 6.45) is 3.54. The Morgan fingerprint density at radius 3 is 2.62 bits per heavy atom. The van der Waals surface area contributed by atoms with Crippen molar-refractivity contribution in [3.8, 4) is 0 Å². The molecule has 24 heavy (non-hydrogen) atoms. The van der Waals surface area contributed by atoms with Gasteiger partial charge in [0.15, 0.2) is 0 Å². The summed E-state index contributed by atoms with van der Waals surface area (Å²) in [5.41, 5.74) is 7.28. The third-order valence-electron chi connectivity index (χ3n) is 4.31. The molecule has 3 N–H and O–H groups in total. The van der Waals surface area contributed by atoms with Crippen LogP contribution in [0.25, 0.3) is 0 Å². The lowest BCUT2D eigenvalue weighted by atomic mass is 9.96. The first-order chi connectivity index (χ1) is 11.1. The van der Waals surface area contributed by atoms with Gasteiger partial charge >= 0.3 is 0 Å². The van der Waals surface area contributed by atoms with Crippen LogP contribution >= 0.6 is 12.4 Å². The van der Waals surface area contributed by atoms with E-state index in [4.69, 9.17) is 5.73 Å². The molecule has 0 aromatic heterocycles. The molecule has 1 aromatic carbocycles. The van der Waals surface area contributed by atoms with Crippen LogP contribution in [0.1, 0.15) is 41.6 Å². The van der Waals surface area contributed by atoms with Crippen LogP contribution in [-0.4, -0.2) is 42.9 Å². The number of nitrogens with two attached hydrogens (primary N) is 1. The number of piperidine rings is 1. The van der Waals surface area contributed by atoms with Crippen molar-refractivity contribution >= 4 is 24.2 Å². The van der Waals surface area contributed by atoms with Crippen molar-refractivity contribution in [2.45, 2.75) is 32.6 Å². The molecule has 2 amide bonds. The van der Waals surface area contributed by atoms with Gasteiger partial charge in [0, 0.05) is 25.2 Å². The number of nitrogens with zero attached hydrogens (tertiary/aromatic N) is 1. The standard InChI is InChI=1S/C18H27N3O2.ClH/c1-14-6-8-15(9-7-14)18(23)21-12-4-5-16(13-21)17(22)20-11-3-2-10-19;/h6-9,16H,2-5,10-13,19H2,1H3,(H,20,22);1H. The summed E-state index contributed by atoms with van der Waals surface area (Å²) < 4.78 is 0. The third kappa shape index (κ3) is 5.80. The van der Waals surface area contributed by atoms with Gasteiger partial charge in [-0.2, -0.15) is 0 Å². The minimum atomic E-state index is -0.101. The van der Waals surface area contributed by atoms with Crippen LogP contribution in [0, 0.1) is 12.8 Å². The number of hydrogen-bond donors (Lipinski definition) is 2. The Labute approximate surface area is 150 Å². The van der Waals surface area contributed by atoms with Crippen molar-refractivity contribution in [3.05, 3.63) is 35.4 Å². The minimum absolute atomic E-state index is 0. The predicted molar refractivity (Wildman–Crippen MR) is 98.4 cm³/mol. The van der Waals surface area contributed by atoms with E-state index in [2.05, 4.69) is 5.32 Å². The van der Waals surface area contributed by atoms with Crippen molar-refractivity contribution in [2.24, 2.45) is 11.7 Å². The monoisotopic (exact) mass is 353 g/mol. The highest BCUT2D eigenvalue weighted by Crippen LogP contribution is 2.19. The number of amides is 2. The third-order valence-corrected chi connectivity index (χ3v) is 4.31. The Bertz CT molecular complexity index is 534. The zero-order valence-corrected chi connectivity index (χ0v) is 15.1. The molecule has 2 rings (SSSR count). The van der Waals surface area contributed by atoms with Gasteiger partial charge in [-0.25, -0.2) is 0 Å². The average Bonchev–Trinajstić information content (AvgIpc) is 2.59. The number of rotatable bonds is 6. The van der Waals surface area contributed by atoms with Crippen molar-refractivity contribution in [1.29, 1.82) is 0 Å². The first-order valence-electron chi connectivity index (χ1n) is 8.45. The molecule has 0 spiro atoms. The molecule has 0 radical (unpaired) electrons. The maximum atomic E-state index is 12.6. The molecule has 1 aliphatic heterocycles. The Kier molecular flexibility index (Phi) is 8.79. The van der Waals surface area contributed by atoms with Crippen LogP contribution in [0.15, 0.2) is 24.3 Å². The number of aryl methyl sites for hydroxylation is 1. The second-order valence-electron chi connectivity index (χ2n) is 6.24. The van der Waals surface area contributed by atoms with Crippen molar-refractivity contribution < 1.29 is 9.59 Å². The maximum absolute atomic E-state index is 12.6. The van der Waals surface area contributed by atoms with E-state index in [1.807, 2.05) is 31.2 Å². The van der Waals surface area contributed by atoms with Crippen LogP contribution in [0.4, 0.5) is 0 Å². The van der Waals surface area contributed by atoms with Crippen LogP contribution in [0.5, 0.6) is 0 Å². The fourth-order valence-electron chi connectivity index (χ4n) is 2.88. The van der Waals surface area contributed by atoms with E-state index >= 15 is 0 Å². The lowest BCUT2D eigenvalue weighted by molar-refractivity contribution is -0.126. The highest BCUT2D eigenvalue weighted by atomic mass is 35.5. The van der Waals surface area contributed by atoms with Crippen LogP contribution in [0.2, 0.25) is 0 Å². The topological polar surface area (TPSA) is 75.4 Å². The first-order valence-corrected chi connectivity index (χ1v) is 8.45. The predicted octanol–water partition coefficient (Wildman–Crippen LogP) is 2.12. The van der Waals surface area contributed by atoms with E-state index in [0.717, 1.165) is 37.8 Å². The Balaban J connectivity index is 0.00000288. The molecule has 1 atom stereocenters. The SMILES string of the molecule is Cc1ccc(C(=O)N2CCCC(C(=O)NCCCCN)C2)cc1.Cl. The number of likely N-dealkylation sites (tertiary alicyclic amines) is 1. The van der Waals surface area contributed by atoms with E-state index in [1.54, 1.807) is 4.90 Å². The second-order valence-corrected chi connectivity index (χ2v) is 6.24. The second kappa shape index (κ2) is 10.3. The molecule has 1 unspecified atom stereocenters. The fourth-order valence-corrected chi connectivity index (χ4v) is 2.88. The molecule has 1 saturated heterocycles. The van der Waals surface area contributed by atoms with Crippen molar-refractivity contribution in [2.75, 3.05) is 26.2 Å². The molecule has 6 heteroatoms. The highest BCUT2D eigenvalue weighted by molar-refractivity contribution is 5.94. The van der Waals surface area contributed by atoms with Gasteiger partial charge in [0.05, 0.1) is 5.92 Å². The molecule has 1 aromatic rings. The number of hydrogen-bond acceptors (Lipinski definition) is 3. The molecular formula is C18H28ClN3O2.